The second-order valence-corrected chi connectivity index (χ2v) is 4.87. The maximum Gasteiger partial charge on any atom is 0.418 e. The first-order valence-electron chi connectivity index (χ1n) is 6.20. The minimum atomic E-state index is -4.30. The molecule has 0 amide bonds. The van der Waals surface area contributed by atoms with Crippen LogP contribution in [0, 0.1) is 0 Å². The Morgan fingerprint density at radius 2 is 2.06 bits per heavy atom. The summed E-state index contributed by atoms with van der Waals surface area (Å²) in [5.74, 6) is 0. The molecule has 1 aromatic heterocycles. The van der Waals surface area contributed by atoms with E-state index in [1.54, 1.807) is 6.20 Å². The van der Waals surface area contributed by atoms with Crippen LogP contribution >= 0.6 is 0 Å². The van der Waals surface area contributed by atoms with E-state index in [1.807, 2.05) is 0 Å². The van der Waals surface area contributed by atoms with Crippen molar-refractivity contribution >= 4 is 0 Å². The van der Waals surface area contributed by atoms with Crippen LogP contribution in [-0.2, 0) is 19.3 Å². The summed E-state index contributed by atoms with van der Waals surface area (Å²) < 4.78 is 38.6. The van der Waals surface area contributed by atoms with E-state index >= 15 is 0 Å². The van der Waals surface area contributed by atoms with Gasteiger partial charge in [-0.15, -0.1) is 0 Å². The summed E-state index contributed by atoms with van der Waals surface area (Å²) in [6, 6.07) is 0.309. The van der Waals surface area contributed by atoms with Crippen LogP contribution in [0.25, 0.3) is 0 Å². The molecule has 1 atom stereocenters. The predicted molar refractivity (Wildman–Crippen MR) is 62.9 cm³/mol. The number of hydrogen-bond donors (Lipinski definition) is 0. The molecule has 0 fully saturated rings. The molecule has 2 rings (SSSR count). The molecule has 0 aliphatic carbocycles. The lowest BCUT2D eigenvalue weighted by Crippen LogP contribution is -2.27. The van der Waals surface area contributed by atoms with Crippen molar-refractivity contribution in [2.75, 3.05) is 0 Å². The Balaban J connectivity index is 2.24. The maximum atomic E-state index is 12.9. The molecule has 0 bridgehead atoms. The van der Waals surface area contributed by atoms with Crippen LogP contribution in [0.5, 0.6) is 0 Å². The summed E-state index contributed by atoms with van der Waals surface area (Å²) in [5, 5.41) is 0. The molecule has 5 heteroatoms. The first-order valence-corrected chi connectivity index (χ1v) is 6.20. The van der Waals surface area contributed by atoms with E-state index in [4.69, 9.17) is 0 Å². The van der Waals surface area contributed by atoms with Crippen LogP contribution in [-0.4, -0.2) is 15.9 Å². The number of aromatic nitrogens is 1. The lowest BCUT2D eigenvalue weighted by molar-refractivity contribution is -0.138. The number of nitrogens with zero attached hydrogens (tertiary/aromatic N) is 2. The molecule has 0 radical (unpaired) electrons. The number of rotatable bonds is 3. The van der Waals surface area contributed by atoms with E-state index in [0.29, 0.717) is 30.3 Å². The molecule has 1 aliphatic rings. The number of fused-ring (bicyclic) bond motifs is 1. The molecule has 100 valence electrons. The number of hydrogen-bond acceptors (Lipinski definition) is 2. The Morgan fingerprint density at radius 1 is 1.33 bits per heavy atom. The third-order valence-corrected chi connectivity index (χ3v) is 3.52. The number of alkyl halides is 3. The number of pyridine rings is 1. The van der Waals surface area contributed by atoms with Crippen molar-refractivity contribution in [3.63, 3.8) is 0 Å². The van der Waals surface area contributed by atoms with Crippen LogP contribution in [0.2, 0.25) is 0 Å². The fraction of sp³-hybridized carbons (Fsp3) is 0.615. The van der Waals surface area contributed by atoms with Gasteiger partial charge in [0.15, 0.2) is 0 Å². The Bertz CT molecular complexity index is 429. The molecule has 0 saturated heterocycles. The van der Waals surface area contributed by atoms with Gasteiger partial charge in [-0.25, -0.2) is 0 Å². The molecule has 0 N–H and O–H groups in total. The Morgan fingerprint density at radius 3 is 2.67 bits per heavy atom. The highest BCUT2D eigenvalue weighted by molar-refractivity contribution is 5.36. The fourth-order valence-electron chi connectivity index (χ4n) is 2.49. The zero-order valence-corrected chi connectivity index (χ0v) is 10.6. The largest absolute Gasteiger partial charge is 0.418 e. The van der Waals surface area contributed by atoms with E-state index in [9.17, 15) is 13.2 Å². The summed E-state index contributed by atoms with van der Waals surface area (Å²) in [7, 11) is 0. The lowest BCUT2D eigenvalue weighted by atomic mass is 10.1. The minimum absolute atomic E-state index is 0.309. The molecule has 18 heavy (non-hydrogen) atoms. The van der Waals surface area contributed by atoms with Gasteiger partial charge in [0.1, 0.15) is 0 Å². The van der Waals surface area contributed by atoms with Crippen LogP contribution < -0.4 is 0 Å². The van der Waals surface area contributed by atoms with Gasteiger partial charge < -0.3 is 0 Å². The second kappa shape index (κ2) is 4.88. The van der Waals surface area contributed by atoms with Gasteiger partial charge in [0.2, 0.25) is 0 Å². The number of halogens is 3. The molecular weight excluding hydrogens is 241 g/mol. The average Bonchev–Trinajstić information content (AvgIpc) is 2.71. The molecule has 0 aromatic carbocycles. The highest BCUT2D eigenvalue weighted by atomic mass is 19.4. The zero-order valence-electron chi connectivity index (χ0n) is 10.6. The van der Waals surface area contributed by atoms with Crippen LogP contribution in [0.15, 0.2) is 12.4 Å². The van der Waals surface area contributed by atoms with Crippen molar-refractivity contribution in [3.8, 4) is 0 Å². The van der Waals surface area contributed by atoms with Crippen molar-refractivity contribution in [2.45, 2.75) is 52.0 Å². The van der Waals surface area contributed by atoms with Gasteiger partial charge in [0.05, 0.1) is 5.56 Å². The SMILES string of the molecule is CCCC(C)N1Cc2cncc(C(F)(F)F)c2C1. The maximum absolute atomic E-state index is 12.9. The molecule has 2 heterocycles. The Labute approximate surface area is 105 Å². The normalized spacial score (nSPS) is 17.8. The summed E-state index contributed by atoms with van der Waals surface area (Å²) in [4.78, 5) is 5.80. The van der Waals surface area contributed by atoms with Gasteiger partial charge in [-0.2, -0.15) is 13.2 Å². The molecular formula is C13H17F3N2. The van der Waals surface area contributed by atoms with Crippen LogP contribution in [0.3, 0.4) is 0 Å². The molecule has 0 saturated carbocycles. The second-order valence-electron chi connectivity index (χ2n) is 4.87. The van der Waals surface area contributed by atoms with Crippen molar-refractivity contribution < 1.29 is 13.2 Å². The topological polar surface area (TPSA) is 16.1 Å². The van der Waals surface area contributed by atoms with E-state index in [1.165, 1.54) is 0 Å². The van der Waals surface area contributed by atoms with Gasteiger partial charge in [-0.3, -0.25) is 9.88 Å². The predicted octanol–water partition coefficient (Wildman–Crippen LogP) is 3.60. The van der Waals surface area contributed by atoms with Crippen molar-refractivity contribution in [3.05, 3.63) is 29.1 Å². The first kappa shape index (κ1) is 13.3. The van der Waals surface area contributed by atoms with Gasteiger partial charge in [-0.1, -0.05) is 13.3 Å². The highest BCUT2D eigenvalue weighted by Gasteiger charge is 2.37. The summed E-state index contributed by atoms with van der Waals surface area (Å²) >= 11 is 0. The van der Waals surface area contributed by atoms with Crippen molar-refractivity contribution in [2.24, 2.45) is 0 Å². The Hall–Kier alpha value is -1.10. The van der Waals surface area contributed by atoms with Gasteiger partial charge in [0, 0.05) is 31.5 Å². The molecule has 1 aromatic rings. The van der Waals surface area contributed by atoms with E-state index < -0.39 is 11.7 Å². The molecule has 1 unspecified atom stereocenters. The monoisotopic (exact) mass is 258 g/mol. The molecule has 0 spiro atoms. The Kier molecular flexibility index (Phi) is 3.61. The highest BCUT2D eigenvalue weighted by Crippen LogP contribution is 2.37. The van der Waals surface area contributed by atoms with Crippen molar-refractivity contribution in [1.29, 1.82) is 0 Å². The molecule has 2 nitrogen and oxygen atoms in total. The summed E-state index contributed by atoms with van der Waals surface area (Å²) in [6.45, 7) is 5.11. The van der Waals surface area contributed by atoms with Crippen molar-refractivity contribution in [1.82, 2.24) is 9.88 Å². The average molecular weight is 258 g/mol. The zero-order chi connectivity index (χ0) is 13.3. The van der Waals surface area contributed by atoms with E-state index in [0.717, 1.165) is 19.0 Å². The van der Waals surface area contributed by atoms with E-state index in [2.05, 4.69) is 23.7 Å². The van der Waals surface area contributed by atoms with Gasteiger partial charge in [-0.05, 0) is 24.5 Å². The lowest BCUT2D eigenvalue weighted by Gasteiger charge is -2.23. The van der Waals surface area contributed by atoms with Crippen LogP contribution in [0.4, 0.5) is 13.2 Å². The fourth-order valence-corrected chi connectivity index (χ4v) is 2.49. The smallest absolute Gasteiger partial charge is 0.292 e. The van der Waals surface area contributed by atoms with Gasteiger partial charge >= 0.3 is 6.18 Å². The first-order chi connectivity index (χ1) is 8.43. The van der Waals surface area contributed by atoms with E-state index in [-0.39, 0.29) is 0 Å². The third kappa shape index (κ3) is 2.51. The summed E-state index contributed by atoms with van der Waals surface area (Å²) in [5.41, 5.74) is 0.541. The minimum Gasteiger partial charge on any atom is -0.292 e. The van der Waals surface area contributed by atoms with Gasteiger partial charge in [0.25, 0.3) is 0 Å². The standard InChI is InChI=1S/C13H17F3N2/c1-3-4-9(2)18-7-10-5-17-6-12(11(10)8-18)13(14,15)16/h5-6,9H,3-4,7-8H2,1-2H3. The third-order valence-electron chi connectivity index (χ3n) is 3.52. The van der Waals surface area contributed by atoms with Crippen LogP contribution in [0.1, 0.15) is 43.4 Å². The quantitative estimate of drug-likeness (QED) is 0.823. The summed E-state index contributed by atoms with van der Waals surface area (Å²) in [6.07, 6.45) is 0.236. The molecule has 1 aliphatic heterocycles.